The van der Waals surface area contributed by atoms with E-state index in [0.29, 0.717) is 5.03 Å². The minimum absolute atomic E-state index is 0.149. The number of alkyl halides is 1. The summed E-state index contributed by atoms with van der Waals surface area (Å²) in [5.41, 5.74) is 0. The van der Waals surface area contributed by atoms with Gasteiger partial charge in [0, 0.05) is 5.03 Å². The minimum Gasteiger partial charge on any atom is -0.293 e. The van der Waals surface area contributed by atoms with Gasteiger partial charge in [-0.3, -0.25) is 4.79 Å². The molecule has 0 N–H and O–H groups in total. The van der Waals surface area contributed by atoms with Crippen molar-refractivity contribution < 1.29 is 4.79 Å². The van der Waals surface area contributed by atoms with Gasteiger partial charge in [0.2, 0.25) is 0 Å². The summed E-state index contributed by atoms with van der Waals surface area (Å²) in [6.45, 7) is 3.25. The number of ketones is 1. The molecule has 0 aromatic heterocycles. The Hall–Kier alpha value is -0.0100. The van der Waals surface area contributed by atoms with Crippen molar-refractivity contribution >= 4 is 29.0 Å². The smallest absolute Gasteiger partial charge is 0.174 e. The second kappa shape index (κ2) is 3.91. The van der Waals surface area contributed by atoms with Crippen molar-refractivity contribution in [3.8, 4) is 0 Å². The minimum atomic E-state index is -0.473. The molecule has 0 spiro atoms. The second-order valence-corrected chi connectivity index (χ2v) is 3.00. The van der Waals surface area contributed by atoms with Crippen molar-refractivity contribution in [1.82, 2.24) is 0 Å². The van der Waals surface area contributed by atoms with E-state index in [1.807, 2.05) is 0 Å². The molecular weight excluding hydrogens is 159 g/mol. The summed E-state index contributed by atoms with van der Waals surface area (Å²) in [4.78, 5) is 10.7. The van der Waals surface area contributed by atoms with Crippen LogP contribution in [0.25, 0.3) is 0 Å². The Balaban J connectivity index is 3.93. The van der Waals surface area contributed by atoms with Gasteiger partial charge < -0.3 is 0 Å². The van der Waals surface area contributed by atoms with E-state index in [2.05, 4.69) is 0 Å². The standard InChI is InChI=1S/C6H8Cl2O/c1-4(7)3-6(9)5(2)8/h3,5H,1-2H3/b4-3+. The molecule has 3 heteroatoms. The van der Waals surface area contributed by atoms with Crippen LogP contribution in [0.1, 0.15) is 13.8 Å². The molecule has 1 unspecified atom stereocenters. The molecule has 0 aliphatic heterocycles. The maximum Gasteiger partial charge on any atom is 0.174 e. The van der Waals surface area contributed by atoms with Crippen molar-refractivity contribution in [2.45, 2.75) is 19.2 Å². The Morgan fingerprint density at radius 3 is 2.22 bits per heavy atom. The molecule has 0 aromatic rings. The number of carbonyl (C=O) groups excluding carboxylic acids is 1. The molecule has 0 radical (unpaired) electrons. The van der Waals surface area contributed by atoms with Gasteiger partial charge in [0.05, 0.1) is 5.38 Å². The highest BCUT2D eigenvalue weighted by Crippen LogP contribution is 2.02. The zero-order valence-electron chi connectivity index (χ0n) is 5.32. The average molecular weight is 167 g/mol. The third-order valence-corrected chi connectivity index (χ3v) is 1.06. The maximum atomic E-state index is 10.7. The highest BCUT2D eigenvalue weighted by Gasteiger charge is 2.04. The SMILES string of the molecule is C/C(Cl)=C\C(=O)C(C)Cl. The van der Waals surface area contributed by atoms with Gasteiger partial charge in [0.15, 0.2) is 5.78 Å². The van der Waals surface area contributed by atoms with Crippen LogP contribution in [0.2, 0.25) is 0 Å². The van der Waals surface area contributed by atoms with Crippen molar-refractivity contribution in [3.05, 3.63) is 11.1 Å². The van der Waals surface area contributed by atoms with Gasteiger partial charge in [0.25, 0.3) is 0 Å². The summed E-state index contributed by atoms with van der Waals surface area (Å²) in [7, 11) is 0. The van der Waals surface area contributed by atoms with Crippen LogP contribution in [-0.4, -0.2) is 11.2 Å². The van der Waals surface area contributed by atoms with Crippen LogP contribution in [0, 0.1) is 0 Å². The highest BCUT2D eigenvalue weighted by molar-refractivity contribution is 6.35. The van der Waals surface area contributed by atoms with Gasteiger partial charge in [-0.25, -0.2) is 0 Å². The van der Waals surface area contributed by atoms with Crippen LogP contribution < -0.4 is 0 Å². The number of hydrogen-bond acceptors (Lipinski definition) is 1. The zero-order chi connectivity index (χ0) is 7.44. The summed E-state index contributed by atoms with van der Waals surface area (Å²) < 4.78 is 0. The molecule has 0 aliphatic carbocycles. The number of hydrogen-bond donors (Lipinski definition) is 0. The number of halogens is 2. The lowest BCUT2D eigenvalue weighted by Gasteiger charge is -1.93. The molecule has 0 heterocycles. The van der Waals surface area contributed by atoms with Gasteiger partial charge >= 0.3 is 0 Å². The molecule has 9 heavy (non-hydrogen) atoms. The van der Waals surface area contributed by atoms with E-state index in [1.165, 1.54) is 6.08 Å². The number of carbonyl (C=O) groups is 1. The molecular formula is C6H8Cl2O. The summed E-state index contributed by atoms with van der Waals surface area (Å²) in [5, 5.41) is -0.00815. The van der Waals surface area contributed by atoms with Crippen molar-refractivity contribution in [1.29, 1.82) is 0 Å². The fourth-order valence-electron chi connectivity index (χ4n) is 0.311. The third-order valence-electron chi connectivity index (χ3n) is 0.733. The van der Waals surface area contributed by atoms with Crippen molar-refractivity contribution in [2.75, 3.05) is 0 Å². The Morgan fingerprint density at radius 1 is 1.67 bits per heavy atom. The predicted molar refractivity (Wildman–Crippen MR) is 39.9 cm³/mol. The maximum absolute atomic E-state index is 10.7. The largest absolute Gasteiger partial charge is 0.293 e. The molecule has 1 nitrogen and oxygen atoms in total. The molecule has 52 valence electrons. The van der Waals surface area contributed by atoms with Crippen LogP contribution in [-0.2, 0) is 4.79 Å². The van der Waals surface area contributed by atoms with E-state index in [1.54, 1.807) is 13.8 Å². The van der Waals surface area contributed by atoms with E-state index in [0.717, 1.165) is 0 Å². The summed E-state index contributed by atoms with van der Waals surface area (Å²) >= 11 is 10.8. The molecule has 0 aliphatic rings. The molecule has 1 atom stereocenters. The van der Waals surface area contributed by atoms with Gasteiger partial charge in [0.1, 0.15) is 0 Å². The second-order valence-electron chi connectivity index (χ2n) is 1.75. The molecule has 0 aromatic carbocycles. The third kappa shape index (κ3) is 4.49. The zero-order valence-corrected chi connectivity index (χ0v) is 6.83. The van der Waals surface area contributed by atoms with E-state index in [4.69, 9.17) is 23.2 Å². The van der Waals surface area contributed by atoms with E-state index in [9.17, 15) is 4.79 Å². The van der Waals surface area contributed by atoms with E-state index >= 15 is 0 Å². The van der Waals surface area contributed by atoms with Gasteiger partial charge in [-0.1, -0.05) is 11.6 Å². The van der Waals surface area contributed by atoms with Crippen LogP contribution in [0.15, 0.2) is 11.1 Å². The number of allylic oxidation sites excluding steroid dienone is 2. The molecule has 0 bridgehead atoms. The Kier molecular flexibility index (Phi) is 3.91. The average Bonchev–Trinajstić information content (AvgIpc) is 1.63. The molecule has 0 saturated carbocycles. The van der Waals surface area contributed by atoms with Gasteiger partial charge in [-0.2, -0.15) is 0 Å². The van der Waals surface area contributed by atoms with Crippen molar-refractivity contribution in [3.63, 3.8) is 0 Å². The summed E-state index contributed by atoms with van der Waals surface area (Å²) in [6, 6.07) is 0. The molecule has 0 rings (SSSR count). The van der Waals surface area contributed by atoms with Crippen LogP contribution in [0.4, 0.5) is 0 Å². The normalized spacial score (nSPS) is 15.3. The van der Waals surface area contributed by atoms with Crippen LogP contribution in [0.5, 0.6) is 0 Å². The lowest BCUT2D eigenvalue weighted by molar-refractivity contribution is -0.114. The highest BCUT2D eigenvalue weighted by atomic mass is 35.5. The Labute approximate surface area is 64.6 Å². The molecule has 0 amide bonds. The lowest BCUT2D eigenvalue weighted by atomic mass is 10.3. The Bertz CT molecular complexity index is 134. The van der Waals surface area contributed by atoms with Crippen LogP contribution in [0.3, 0.4) is 0 Å². The first-order valence-electron chi connectivity index (χ1n) is 2.55. The van der Waals surface area contributed by atoms with Crippen molar-refractivity contribution in [2.24, 2.45) is 0 Å². The van der Waals surface area contributed by atoms with E-state index < -0.39 is 5.38 Å². The topological polar surface area (TPSA) is 17.1 Å². The first-order chi connectivity index (χ1) is 4.04. The quantitative estimate of drug-likeness (QED) is 0.455. The summed E-state index contributed by atoms with van der Waals surface area (Å²) in [5.74, 6) is -0.149. The fourth-order valence-corrected chi connectivity index (χ4v) is 0.481. The first kappa shape index (κ1) is 8.99. The van der Waals surface area contributed by atoms with Crippen LogP contribution >= 0.6 is 23.2 Å². The number of rotatable bonds is 2. The predicted octanol–water partition coefficient (Wildman–Crippen LogP) is 2.33. The molecule has 0 saturated heterocycles. The lowest BCUT2D eigenvalue weighted by Crippen LogP contribution is -2.05. The fraction of sp³-hybridized carbons (Fsp3) is 0.500. The Morgan fingerprint density at radius 2 is 2.11 bits per heavy atom. The first-order valence-corrected chi connectivity index (χ1v) is 3.37. The monoisotopic (exact) mass is 166 g/mol. The van der Waals surface area contributed by atoms with Gasteiger partial charge in [-0.05, 0) is 19.9 Å². The van der Waals surface area contributed by atoms with Gasteiger partial charge in [-0.15, -0.1) is 11.6 Å². The van der Waals surface area contributed by atoms with E-state index in [-0.39, 0.29) is 5.78 Å². The summed E-state index contributed by atoms with van der Waals surface area (Å²) in [6.07, 6.45) is 1.32. The molecule has 0 fully saturated rings.